The molecule has 0 aliphatic carbocycles. The molecule has 1 aliphatic rings. The van der Waals surface area contributed by atoms with Crippen LogP contribution in [0, 0.1) is 0 Å². The molecule has 2 atom stereocenters. The van der Waals surface area contributed by atoms with Gasteiger partial charge in [-0.15, -0.1) is 0 Å². The number of hydrogen-bond donors (Lipinski definition) is 2. The van der Waals surface area contributed by atoms with Gasteiger partial charge in [0, 0.05) is 12.6 Å². The molecule has 1 fully saturated rings. The van der Waals surface area contributed by atoms with E-state index >= 15 is 0 Å². The first-order valence-corrected chi connectivity index (χ1v) is 6.25. The van der Waals surface area contributed by atoms with Gasteiger partial charge in [0.1, 0.15) is 11.3 Å². The van der Waals surface area contributed by atoms with Crippen molar-refractivity contribution in [1.82, 2.24) is 9.97 Å². The topological polar surface area (TPSA) is 99.4 Å². The van der Waals surface area contributed by atoms with Crippen molar-refractivity contribution in [3.05, 3.63) is 11.2 Å². The van der Waals surface area contributed by atoms with Gasteiger partial charge in [0.15, 0.2) is 0 Å². The lowest BCUT2D eigenvalue weighted by Gasteiger charge is -2.12. The third-order valence-electron chi connectivity index (χ3n) is 2.78. The number of nitrogens with one attached hydrogen (secondary N) is 1. The van der Waals surface area contributed by atoms with Crippen LogP contribution in [0.25, 0.3) is 0 Å². The Balaban J connectivity index is 2.01. The normalized spacial score (nSPS) is 22.3. The van der Waals surface area contributed by atoms with Gasteiger partial charge < -0.3 is 15.2 Å². The number of nitrogens with two attached hydrogens (primary N) is 1. The summed E-state index contributed by atoms with van der Waals surface area (Å²) < 4.78 is 10.4. The summed E-state index contributed by atoms with van der Waals surface area (Å²) in [5.41, 5.74) is 5.49. The Morgan fingerprint density at radius 3 is 3.05 bits per heavy atom. The van der Waals surface area contributed by atoms with Crippen molar-refractivity contribution >= 4 is 23.5 Å². The minimum atomic E-state index is -0.526. The molecule has 104 valence electrons. The van der Waals surface area contributed by atoms with Gasteiger partial charge >= 0.3 is 0 Å². The van der Waals surface area contributed by atoms with E-state index in [-0.39, 0.29) is 29.0 Å². The Morgan fingerprint density at radius 2 is 2.42 bits per heavy atom. The summed E-state index contributed by atoms with van der Waals surface area (Å²) in [7, 11) is 1.45. The number of anilines is 1. The van der Waals surface area contributed by atoms with Gasteiger partial charge in [-0.25, -0.2) is 4.98 Å². The van der Waals surface area contributed by atoms with E-state index in [4.69, 9.17) is 26.8 Å². The maximum absolute atomic E-state index is 11.9. The number of rotatable bonds is 4. The van der Waals surface area contributed by atoms with E-state index in [1.54, 1.807) is 0 Å². The second-order valence-electron chi connectivity index (χ2n) is 4.11. The molecule has 2 rings (SSSR count). The summed E-state index contributed by atoms with van der Waals surface area (Å²) in [6.07, 6.45) is 0.812. The van der Waals surface area contributed by atoms with Gasteiger partial charge in [-0.2, -0.15) is 4.98 Å². The molecule has 2 unspecified atom stereocenters. The van der Waals surface area contributed by atoms with Crippen molar-refractivity contribution in [2.24, 2.45) is 5.73 Å². The second kappa shape index (κ2) is 6.14. The summed E-state index contributed by atoms with van der Waals surface area (Å²) in [5, 5.41) is 2.74. The standard InChI is InChI=1S/C11H15ClN4O3/c1-18-9-4-8(12)14-11(15-9)16-10(17)7-3-2-6(5-13)19-7/h4,6-7H,2-3,5,13H2,1H3,(H,14,15,16,17). The fraction of sp³-hybridized carbons (Fsp3) is 0.545. The first-order chi connectivity index (χ1) is 9.12. The highest BCUT2D eigenvalue weighted by atomic mass is 35.5. The molecular formula is C11H15ClN4O3. The van der Waals surface area contributed by atoms with Gasteiger partial charge in [0.2, 0.25) is 11.8 Å². The molecule has 0 saturated carbocycles. The molecule has 1 saturated heterocycles. The van der Waals surface area contributed by atoms with Gasteiger partial charge in [-0.3, -0.25) is 10.1 Å². The Morgan fingerprint density at radius 1 is 1.63 bits per heavy atom. The third-order valence-corrected chi connectivity index (χ3v) is 2.97. The largest absolute Gasteiger partial charge is 0.481 e. The number of aromatic nitrogens is 2. The molecule has 1 amide bonds. The van der Waals surface area contributed by atoms with Crippen LogP contribution in [0.3, 0.4) is 0 Å². The van der Waals surface area contributed by atoms with Crippen LogP contribution in [-0.4, -0.2) is 41.7 Å². The smallest absolute Gasteiger partial charge is 0.255 e. The molecule has 19 heavy (non-hydrogen) atoms. The van der Waals surface area contributed by atoms with E-state index < -0.39 is 6.10 Å². The first-order valence-electron chi connectivity index (χ1n) is 5.87. The Kier molecular flexibility index (Phi) is 4.52. The monoisotopic (exact) mass is 286 g/mol. The van der Waals surface area contributed by atoms with Crippen LogP contribution in [0.5, 0.6) is 5.88 Å². The molecule has 8 heteroatoms. The average Bonchev–Trinajstić information content (AvgIpc) is 2.86. The van der Waals surface area contributed by atoms with E-state index in [1.165, 1.54) is 13.2 Å². The van der Waals surface area contributed by atoms with Crippen molar-refractivity contribution in [1.29, 1.82) is 0 Å². The van der Waals surface area contributed by atoms with Crippen LogP contribution < -0.4 is 15.8 Å². The van der Waals surface area contributed by atoms with Crippen molar-refractivity contribution in [2.75, 3.05) is 19.0 Å². The van der Waals surface area contributed by atoms with Crippen LogP contribution in [0.4, 0.5) is 5.95 Å². The highest BCUT2D eigenvalue weighted by Gasteiger charge is 2.30. The maximum Gasteiger partial charge on any atom is 0.255 e. The number of ether oxygens (including phenoxy) is 2. The number of nitrogens with zero attached hydrogens (tertiary/aromatic N) is 2. The molecule has 0 bridgehead atoms. The van der Waals surface area contributed by atoms with Gasteiger partial charge in [0.05, 0.1) is 13.2 Å². The van der Waals surface area contributed by atoms with Crippen molar-refractivity contribution in [3.8, 4) is 5.88 Å². The zero-order valence-electron chi connectivity index (χ0n) is 10.4. The molecule has 0 spiro atoms. The highest BCUT2D eigenvalue weighted by molar-refractivity contribution is 6.29. The molecule has 7 nitrogen and oxygen atoms in total. The lowest BCUT2D eigenvalue weighted by atomic mass is 10.2. The van der Waals surface area contributed by atoms with Gasteiger partial charge in [-0.1, -0.05) is 11.6 Å². The minimum absolute atomic E-state index is 0.0643. The summed E-state index contributed by atoms with van der Waals surface area (Å²) in [4.78, 5) is 19.8. The predicted octanol–water partition coefficient (Wildman–Crippen LogP) is 0.583. The van der Waals surface area contributed by atoms with Crippen LogP contribution in [0.1, 0.15) is 12.8 Å². The van der Waals surface area contributed by atoms with Gasteiger partial charge in [-0.05, 0) is 12.8 Å². The van der Waals surface area contributed by atoms with E-state index in [2.05, 4.69) is 15.3 Å². The minimum Gasteiger partial charge on any atom is -0.481 e. The molecule has 1 aromatic heterocycles. The molecule has 0 aromatic carbocycles. The number of halogens is 1. The number of carbonyl (C=O) groups is 1. The number of amides is 1. The van der Waals surface area contributed by atoms with Crippen molar-refractivity contribution in [3.63, 3.8) is 0 Å². The Hall–Kier alpha value is -1.44. The number of hydrogen-bond acceptors (Lipinski definition) is 6. The first kappa shape index (κ1) is 14.0. The van der Waals surface area contributed by atoms with Crippen molar-refractivity contribution < 1.29 is 14.3 Å². The predicted molar refractivity (Wildman–Crippen MR) is 69.2 cm³/mol. The SMILES string of the molecule is COc1cc(Cl)nc(NC(=O)C2CCC(CN)O2)n1. The molecule has 1 aliphatic heterocycles. The molecular weight excluding hydrogens is 272 g/mol. The second-order valence-corrected chi connectivity index (χ2v) is 4.49. The summed E-state index contributed by atoms with van der Waals surface area (Å²) in [6, 6.07) is 1.45. The average molecular weight is 287 g/mol. The summed E-state index contributed by atoms with van der Waals surface area (Å²) in [5.74, 6) is 0.0666. The van der Waals surface area contributed by atoms with E-state index in [0.717, 1.165) is 6.42 Å². The number of carbonyl (C=O) groups excluding carboxylic acids is 1. The van der Waals surface area contributed by atoms with E-state index in [0.29, 0.717) is 13.0 Å². The van der Waals surface area contributed by atoms with Crippen LogP contribution in [0.2, 0.25) is 5.15 Å². The Labute approximate surface area is 115 Å². The molecule has 3 N–H and O–H groups in total. The molecule has 2 heterocycles. The Bertz CT molecular complexity index is 471. The lowest BCUT2D eigenvalue weighted by molar-refractivity contribution is -0.126. The highest BCUT2D eigenvalue weighted by Crippen LogP contribution is 2.21. The van der Waals surface area contributed by atoms with E-state index in [1.807, 2.05) is 0 Å². The number of methoxy groups -OCH3 is 1. The quantitative estimate of drug-likeness (QED) is 0.786. The van der Waals surface area contributed by atoms with Crippen LogP contribution in [-0.2, 0) is 9.53 Å². The fourth-order valence-electron chi connectivity index (χ4n) is 1.82. The molecule has 0 radical (unpaired) electrons. The van der Waals surface area contributed by atoms with Crippen LogP contribution in [0.15, 0.2) is 6.07 Å². The summed E-state index contributed by atoms with van der Waals surface area (Å²) >= 11 is 5.79. The van der Waals surface area contributed by atoms with Gasteiger partial charge in [0.25, 0.3) is 5.91 Å². The van der Waals surface area contributed by atoms with Crippen molar-refractivity contribution in [2.45, 2.75) is 25.0 Å². The zero-order valence-corrected chi connectivity index (χ0v) is 11.2. The zero-order chi connectivity index (χ0) is 13.8. The fourth-order valence-corrected chi connectivity index (χ4v) is 1.99. The van der Waals surface area contributed by atoms with Crippen LogP contribution >= 0.6 is 11.6 Å². The van der Waals surface area contributed by atoms with E-state index in [9.17, 15) is 4.79 Å². The lowest BCUT2D eigenvalue weighted by Crippen LogP contribution is -2.30. The maximum atomic E-state index is 11.9. The third kappa shape index (κ3) is 3.52. The molecule has 1 aromatic rings. The summed E-state index contributed by atoms with van der Waals surface area (Å²) in [6.45, 7) is 0.408.